The minimum absolute atomic E-state index is 0. The Balaban J connectivity index is 0.00000161. The van der Waals surface area contributed by atoms with Crippen LogP contribution < -0.4 is 10.6 Å². The van der Waals surface area contributed by atoms with Crippen molar-refractivity contribution in [2.45, 2.75) is 25.8 Å². The summed E-state index contributed by atoms with van der Waals surface area (Å²) in [6, 6.07) is 8.06. The Labute approximate surface area is 134 Å². The molecule has 1 unspecified atom stereocenters. The van der Waals surface area contributed by atoms with Crippen LogP contribution in [0.15, 0.2) is 29.6 Å². The smallest absolute Gasteiger partial charge is 0.243 e. The van der Waals surface area contributed by atoms with Crippen molar-refractivity contribution in [1.82, 2.24) is 10.3 Å². The molecular formula is C15H18ClN3OS. The Morgan fingerprint density at radius 2 is 2.24 bits per heavy atom. The van der Waals surface area contributed by atoms with Crippen molar-refractivity contribution < 1.29 is 4.79 Å². The lowest BCUT2D eigenvalue weighted by Gasteiger charge is -2.08. The van der Waals surface area contributed by atoms with Gasteiger partial charge in [-0.3, -0.25) is 4.79 Å². The molecule has 4 nitrogen and oxygen atoms in total. The summed E-state index contributed by atoms with van der Waals surface area (Å²) in [6.07, 6.45) is 1.96. The second-order valence-electron chi connectivity index (χ2n) is 4.99. The summed E-state index contributed by atoms with van der Waals surface area (Å²) < 4.78 is 0. The number of nitrogens with one attached hydrogen (secondary N) is 2. The molecule has 0 radical (unpaired) electrons. The van der Waals surface area contributed by atoms with E-state index in [0.29, 0.717) is 5.13 Å². The monoisotopic (exact) mass is 323 g/mol. The van der Waals surface area contributed by atoms with E-state index < -0.39 is 0 Å². The molecule has 0 saturated carbocycles. The summed E-state index contributed by atoms with van der Waals surface area (Å²) >= 11 is 1.47. The summed E-state index contributed by atoms with van der Waals surface area (Å²) in [6.45, 7) is 2.99. The number of aryl methyl sites for hydroxylation is 1. The van der Waals surface area contributed by atoms with Gasteiger partial charge in [0.2, 0.25) is 5.91 Å². The maximum atomic E-state index is 12.0. The van der Waals surface area contributed by atoms with Crippen molar-refractivity contribution in [2.75, 3.05) is 11.9 Å². The lowest BCUT2D eigenvalue weighted by atomic mass is 10.1. The molecule has 0 bridgehead atoms. The average molecular weight is 324 g/mol. The molecule has 2 heterocycles. The van der Waals surface area contributed by atoms with Gasteiger partial charge in [-0.1, -0.05) is 24.3 Å². The van der Waals surface area contributed by atoms with Gasteiger partial charge < -0.3 is 10.6 Å². The number of halogens is 1. The zero-order valence-electron chi connectivity index (χ0n) is 11.8. The number of amides is 1. The number of benzene rings is 1. The molecule has 1 aromatic carbocycles. The fourth-order valence-corrected chi connectivity index (χ4v) is 3.13. The number of hydrogen-bond donors (Lipinski definition) is 2. The summed E-state index contributed by atoms with van der Waals surface area (Å²) in [5, 5.41) is 8.74. The Kier molecular flexibility index (Phi) is 5.33. The van der Waals surface area contributed by atoms with Crippen LogP contribution in [0.25, 0.3) is 11.3 Å². The van der Waals surface area contributed by atoms with E-state index in [2.05, 4.69) is 34.7 Å². The van der Waals surface area contributed by atoms with Crippen molar-refractivity contribution >= 4 is 34.8 Å². The summed E-state index contributed by atoms with van der Waals surface area (Å²) in [4.78, 5) is 16.5. The van der Waals surface area contributed by atoms with Crippen LogP contribution in [0.3, 0.4) is 0 Å². The topological polar surface area (TPSA) is 54.0 Å². The minimum atomic E-state index is -0.0687. The molecule has 1 aliphatic rings. The van der Waals surface area contributed by atoms with E-state index in [1.165, 1.54) is 16.9 Å². The van der Waals surface area contributed by atoms with Gasteiger partial charge in [-0.2, -0.15) is 0 Å². The zero-order valence-corrected chi connectivity index (χ0v) is 13.4. The summed E-state index contributed by atoms with van der Waals surface area (Å²) in [5.41, 5.74) is 3.22. The number of aromatic nitrogens is 1. The van der Waals surface area contributed by atoms with Crippen LogP contribution in [0.4, 0.5) is 5.13 Å². The van der Waals surface area contributed by atoms with Crippen LogP contribution in [0.5, 0.6) is 0 Å². The molecule has 6 heteroatoms. The van der Waals surface area contributed by atoms with Crippen molar-refractivity contribution in [3.63, 3.8) is 0 Å². The summed E-state index contributed by atoms with van der Waals surface area (Å²) in [5.74, 6) is 0.0215. The van der Waals surface area contributed by atoms with Gasteiger partial charge in [-0.15, -0.1) is 23.7 Å². The zero-order chi connectivity index (χ0) is 13.9. The lowest BCUT2D eigenvalue weighted by Crippen LogP contribution is -2.35. The first-order valence-corrected chi connectivity index (χ1v) is 7.68. The van der Waals surface area contributed by atoms with E-state index in [1.54, 1.807) is 0 Å². The highest BCUT2D eigenvalue weighted by atomic mass is 35.5. The van der Waals surface area contributed by atoms with Gasteiger partial charge in [0.1, 0.15) is 0 Å². The Morgan fingerprint density at radius 1 is 1.43 bits per heavy atom. The van der Waals surface area contributed by atoms with Gasteiger partial charge in [-0.25, -0.2) is 4.98 Å². The fraction of sp³-hybridized carbons (Fsp3) is 0.333. The molecule has 1 aliphatic heterocycles. The third-order valence-electron chi connectivity index (χ3n) is 3.53. The van der Waals surface area contributed by atoms with Gasteiger partial charge in [0, 0.05) is 10.9 Å². The van der Waals surface area contributed by atoms with E-state index in [4.69, 9.17) is 0 Å². The van der Waals surface area contributed by atoms with Crippen molar-refractivity contribution in [1.29, 1.82) is 0 Å². The van der Waals surface area contributed by atoms with Crippen LogP contribution in [0.2, 0.25) is 0 Å². The first-order chi connectivity index (χ1) is 9.74. The second kappa shape index (κ2) is 7.02. The molecule has 2 aromatic rings. The number of rotatable bonds is 3. The molecular weight excluding hydrogens is 306 g/mol. The average Bonchev–Trinajstić information content (AvgIpc) is 3.10. The Morgan fingerprint density at radius 3 is 2.95 bits per heavy atom. The van der Waals surface area contributed by atoms with E-state index in [1.807, 2.05) is 17.5 Å². The SMILES string of the molecule is Cc1ccccc1-c1csc(NC(=O)C2CCCN2)n1.Cl. The number of anilines is 1. The van der Waals surface area contributed by atoms with Crippen molar-refractivity contribution in [3.8, 4) is 11.3 Å². The second-order valence-corrected chi connectivity index (χ2v) is 5.85. The third kappa shape index (κ3) is 3.61. The van der Waals surface area contributed by atoms with Crippen molar-refractivity contribution in [3.05, 3.63) is 35.2 Å². The van der Waals surface area contributed by atoms with E-state index in [-0.39, 0.29) is 24.4 Å². The quantitative estimate of drug-likeness (QED) is 0.911. The van der Waals surface area contributed by atoms with Crippen LogP contribution >= 0.6 is 23.7 Å². The first kappa shape index (κ1) is 15.9. The normalized spacial score (nSPS) is 17.3. The van der Waals surface area contributed by atoms with E-state index in [9.17, 15) is 4.79 Å². The van der Waals surface area contributed by atoms with Gasteiger partial charge in [0.05, 0.1) is 11.7 Å². The third-order valence-corrected chi connectivity index (χ3v) is 4.29. The number of carbonyl (C=O) groups excluding carboxylic acids is 1. The van der Waals surface area contributed by atoms with Crippen molar-refractivity contribution in [2.24, 2.45) is 0 Å². The number of carbonyl (C=O) groups is 1. The van der Waals surface area contributed by atoms with Crippen LogP contribution in [-0.2, 0) is 4.79 Å². The Bertz CT molecular complexity index is 623. The first-order valence-electron chi connectivity index (χ1n) is 6.80. The Hall–Kier alpha value is -1.43. The van der Waals surface area contributed by atoms with E-state index >= 15 is 0 Å². The van der Waals surface area contributed by atoms with Gasteiger partial charge >= 0.3 is 0 Å². The molecule has 1 saturated heterocycles. The van der Waals surface area contributed by atoms with Gasteiger partial charge in [-0.05, 0) is 31.9 Å². The van der Waals surface area contributed by atoms with Crippen LogP contribution in [-0.4, -0.2) is 23.5 Å². The highest BCUT2D eigenvalue weighted by Gasteiger charge is 2.22. The largest absolute Gasteiger partial charge is 0.306 e. The molecule has 1 atom stereocenters. The predicted octanol–water partition coefficient (Wildman–Crippen LogP) is 3.23. The highest BCUT2D eigenvalue weighted by Crippen LogP contribution is 2.27. The minimum Gasteiger partial charge on any atom is -0.306 e. The van der Waals surface area contributed by atoms with Crippen LogP contribution in [0, 0.1) is 6.92 Å². The maximum Gasteiger partial charge on any atom is 0.243 e. The van der Waals surface area contributed by atoms with Crippen LogP contribution in [0.1, 0.15) is 18.4 Å². The summed E-state index contributed by atoms with van der Waals surface area (Å²) in [7, 11) is 0. The number of hydrogen-bond acceptors (Lipinski definition) is 4. The number of thiazole rings is 1. The molecule has 21 heavy (non-hydrogen) atoms. The predicted molar refractivity (Wildman–Crippen MR) is 89.2 cm³/mol. The molecule has 1 amide bonds. The van der Waals surface area contributed by atoms with Gasteiger partial charge in [0.25, 0.3) is 0 Å². The molecule has 0 spiro atoms. The standard InChI is InChI=1S/C15H17N3OS.ClH/c1-10-5-2-3-6-11(10)13-9-20-15(17-13)18-14(19)12-7-4-8-16-12;/h2-3,5-6,9,12,16H,4,7-8H2,1H3,(H,17,18,19);1H. The molecule has 1 fully saturated rings. The lowest BCUT2D eigenvalue weighted by molar-refractivity contribution is -0.117. The molecule has 1 aromatic heterocycles. The van der Waals surface area contributed by atoms with E-state index in [0.717, 1.165) is 30.6 Å². The molecule has 0 aliphatic carbocycles. The van der Waals surface area contributed by atoms with Gasteiger partial charge in [0.15, 0.2) is 5.13 Å². The maximum absolute atomic E-state index is 12.0. The fourth-order valence-electron chi connectivity index (χ4n) is 2.42. The highest BCUT2D eigenvalue weighted by molar-refractivity contribution is 7.14. The molecule has 3 rings (SSSR count). The number of nitrogens with zero attached hydrogens (tertiary/aromatic N) is 1. The molecule has 2 N–H and O–H groups in total. The molecule has 112 valence electrons.